The number of rotatable bonds is 5. The van der Waals surface area contributed by atoms with Crippen LogP contribution in [0.15, 0.2) is 55.0 Å². The van der Waals surface area contributed by atoms with Crippen molar-refractivity contribution in [2.75, 3.05) is 45.2 Å². The van der Waals surface area contributed by atoms with Gasteiger partial charge in [-0.1, -0.05) is 24.3 Å². The van der Waals surface area contributed by atoms with E-state index in [1.807, 2.05) is 30.3 Å². The lowest BCUT2D eigenvalue weighted by Gasteiger charge is -2.33. The predicted octanol–water partition coefficient (Wildman–Crippen LogP) is 2.98. The largest absolute Gasteiger partial charge is 0.454 e. The minimum Gasteiger partial charge on any atom is -0.454 e. The number of nitrogens with zero attached hydrogens (tertiary/aromatic N) is 4. The molecule has 0 N–H and O–H groups in total. The molecule has 2 aliphatic rings. The molecule has 0 radical (unpaired) electrons. The number of carbonyl (C=O) groups is 1. The molecule has 0 bridgehead atoms. The minimum absolute atomic E-state index is 0.465. The van der Waals surface area contributed by atoms with E-state index in [1.54, 1.807) is 19.2 Å². The third kappa shape index (κ3) is 4.72. The Morgan fingerprint density at radius 1 is 1.10 bits per heavy atom. The van der Waals surface area contributed by atoms with Gasteiger partial charge in [-0.15, -0.1) is 0 Å². The number of hydrogen-bond acceptors (Lipinski definition) is 7. The summed E-state index contributed by atoms with van der Waals surface area (Å²) in [5.41, 5.74) is 1.68. The van der Waals surface area contributed by atoms with E-state index in [-0.39, 0.29) is 0 Å². The highest BCUT2D eigenvalue weighted by Gasteiger charge is 2.26. The number of carbonyl (C=O) groups excluding carboxylic acids is 1. The normalized spacial score (nSPS) is 17.4. The Bertz CT molecular complexity index is 889. The summed E-state index contributed by atoms with van der Waals surface area (Å²) < 4.78 is 16.5. The molecular weight excluding hydrogens is 384 g/mol. The first kappa shape index (κ1) is 20.2. The lowest BCUT2D eigenvalue weighted by Crippen LogP contribution is -2.44. The number of amides is 1. The Morgan fingerprint density at radius 2 is 1.80 bits per heavy atom. The van der Waals surface area contributed by atoms with Crippen LogP contribution in [-0.4, -0.2) is 61.2 Å². The predicted molar refractivity (Wildman–Crippen MR) is 112 cm³/mol. The van der Waals surface area contributed by atoms with Crippen LogP contribution in [0.4, 0.5) is 10.6 Å². The highest BCUT2D eigenvalue weighted by Crippen LogP contribution is 2.29. The van der Waals surface area contributed by atoms with E-state index >= 15 is 0 Å². The molecule has 0 aliphatic carbocycles. The monoisotopic (exact) mass is 410 g/mol. The topological polar surface area (TPSA) is 67.4 Å². The number of benzene rings is 1. The smallest absolute Gasteiger partial charge is 0.420 e. The van der Waals surface area contributed by atoms with Gasteiger partial charge in [-0.2, -0.15) is 0 Å². The van der Waals surface area contributed by atoms with Gasteiger partial charge in [0.25, 0.3) is 6.29 Å². The number of ether oxygens (including phenoxy) is 3. The van der Waals surface area contributed by atoms with E-state index in [2.05, 4.69) is 16.8 Å². The van der Waals surface area contributed by atoms with Crippen molar-refractivity contribution in [2.45, 2.75) is 12.8 Å². The fraction of sp³-hybridized carbons (Fsp3) is 0.364. The van der Waals surface area contributed by atoms with Crippen molar-refractivity contribution in [3.8, 4) is 5.75 Å². The lowest BCUT2D eigenvalue weighted by molar-refractivity contribution is -0.0291. The zero-order valence-electron chi connectivity index (χ0n) is 17.2. The summed E-state index contributed by atoms with van der Waals surface area (Å²) in [5, 5.41) is 0. The number of hydrogen-bond donors (Lipinski definition) is 0. The molecule has 0 atom stereocenters. The minimum atomic E-state index is -0.619. The van der Waals surface area contributed by atoms with Gasteiger partial charge in [0.15, 0.2) is 0 Å². The molecule has 2 aliphatic heterocycles. The number of aromatic nitrogens is 1. The third-order valence-corrected chi connectivity index (χ3v) is 5.24. The lowest BCUT2D eigenvalue weighted by atomic mass is 10.1. The van der Waals surface area contributed by atoms with Crippen molar-refractivity contribution in [3.63, 3.8) is 0 Å². The molecule has 0 saturated carbocycles. The maximum absolute atomic E-state index is 12.6. The second-order valence-corrected chi connectivity index (χ2v) is 7.41. The molecule has 0 unspecified atom stereocenters. The van der Waals surface area contributed by atoms with Crippen LogP contribution in [0.2, 0.25) is 0 Å². The van der Waals surface area contributed by atoms with Crippen molar-refractivity contribution < 1.29 is 19.0 Å². The molecule has 8 heteroatoms. The first-order valence-electron chi connectivity index (χ1n) is 9.97. The van der Waals surface area contributed by atoms with Gasteiger partial charge in [-0.25, -0.2) is 9.78 Å². The van der Waals surface area contributed by atoms with Crippen LogP contribution in [0, 0.1) is 0 Å². The van der Waals surface area contributed by atoms with E-state index in [9.17, 15) is 4.79 Å². The van der Waals surface area contributed by atoms with Gasteiger partial charge in [0.05, 0.1) is 0 Å². The molecule has 4 rings (SSSR count). The Balaban J connectivity index is 1.52. The third-order valence-electron chi connectivity index (χ3n) is 5.24. The zero-order chi connectivity index (χ0) is 20.9. The molecule has 8 nitrogen and oxygen atoms in total. The van der Waals surface area contributed by atoms with E-state index in [4.69, 9.17) is 19.2 Å². The molecule has 2 aromatic rings. The molecule has 1 amide bonds. The van der Waals surface area contributed by atoms with Gasteiger partial charge < -0.3 is 19.1 Å². The summed E-state index contributed by atoms with van der Waals surface area (Å²) in [6.45, 7) is 4.80. The average molecular weight is 410 g/mol. The summed E-state index contributed by atoms with van der Waals surface area (Å²) in [7, 11) is 3.77. The van der Waals surface area contributed by atoms with Gasteiger partial charge in [0.1, 0.15) is 29.8 Å². The van der Waals surface area contributed by atoms with Crippen LogP contribution in [0.3, 0.4) is 0 Å². The Hall–Kier alpha value is -3.10. The van der Waals surface area contributed by atoms with E-state index in [0.29, 0.717) is 17.3 Å². The van der Waals surface area contributed by atoms with E-state index < -0.39 is 12.4 Å². The van der Waals surface area contributed by atoms with Crippen LogP contribution in [0.25, 0.3) is 0 Å². The molecule has 158 valence electrons. The molecule has 1 fully saturated rings. The second kappa shape index (κ2) is 9.15. The number of anilines is 1. The number of likely N-dealkylation sites (N-methyl/N-ethyl adjacent to an activating group) is 1. The van der Waals surface area contributed by atoms with Crippen molar-refractivity contribution in [2.24, 2.45) is 0 Å². The molecule has 0 spiro atoms. The maximum Gasteiger partial charge on any atom is 0.420 e. The zero-order valence-corrected chi connectivity index (χ0v) is 17.2. The van der Waals surface area contributed by atoms with Gasteiger partial charge in [0.2, 0.25) is 0 Å². The first-order chi connectivity index (χ1) is 14.6. The van der Waals surface area contributed by atoms with Crippen molar-refractivity contribution in [1.82, 2.24) is 14.8 Å². The summed E-state index contributed by atoms with van der Waals surface area (Å²) in [5.74, 6) is 0.945. The van der Waals surface area contributed by atoms with Gasteiger partial charge in [0, 0.05) is 39.8 Å². The Morgan fingerprint density at radius 3 is 2.50 bits per heavy atom. The first-order valence-corrected chi connectivity index (χ1v) is 9.97. The van der Waals surface area contributed by atoms with Crippen molar-refractivity contribution in [3.05, 3.63) is 66.2 Å². The summed E-state index contributed by atoms with van der Waals surface area (Å²) in [4.78, 5) is 23.3. The van der Waals surface area contributed by atoms with Gasteiger partial charge in [-0.05, 0) is 30.8 Å². The maximum atomic E-state index is 12.6. The van der Waals surface area contributed by atoms with Crippen LogP contribution in [-0.2, 0) is 16.0 Å². The molecule has 1 aromatic carbocycles. The summed E-state index contributed by atoms with van der Waals surface area (Å²) in [6.07, 6.45) is 1.88. The Labute approximate surface area is 176 Å². The highest BCUT2D eigenvalue weighted by molar-refractivity contribution is 5.87. The van der Waals surface area contributed by atoms with Crippen LogP contribution in [0.1, 0.15) is 17.5 Å². The van der Waals surface area contributed by atoms with Crippen LogP contribution >= 0.6 is 0 Å². The Kier molecular flexibility index (Phi) is 6.15. The SMILES string of the molecule is CN1CCN(Cc2ccc(N(C)C(=O)Oc3ccccc3)nc2C2OC=CO2)CC1. The quantitative estimate of drug-likeness (QED) is 0.751. The van der Waals surface area contributed by atoms with Gasteiger partial charge >= 0.3 is 6.09 Å². The fourth-order valence-electron chi connectivity index (χ4n) is 3.38. The highest BCUT2D eigenvalue weighted by atomic mass is 16.7. The van der Waals surface area contributed by atoms with Crippen molar-refractivity contribution >= 4 is 11.9 Å². The van der Waals surface area contributed by atoms with Crippen LogP contribution < -0.4 is 9.64 Å². The standard InChI is InChI=1S/C22H26N4O4/c1-24-10-12-26(13-11-24)16-17-8-9-19(23-20(17)21-28-14-15-29-21)25(2)22(27)30-18-6-4-3-5-7-18/h3-9,14-15,21H,10-13,16H2,1-2H3. The fourth-order valence-corrected chi connectivity index (χ4v) is 3.38. The molecular formula is C22H26N4O4. The molecule has 1 aromatic heterocycles. The average Bonchev–Trinajstić information content (AvgIpc) is 3.30. The summed E-state index contributed by atoms with van der Waals surface area (Å²) in [6, 6.07) is 12.8. The second-order valence-electron chi connectivity index (χ2n) is 7.41. The molecule has 3 heterocycles. The number of para-hydroxylation sites is 1. The van der Waals surface area contributed by atoms with Crippen molar-refractivity contribution in [1.29, 1.82) is 0 Å². The van der Waals surface area contributed by atoms with Crippen LogP contribution in [0.5, 0.6) is 5.75 Å². The summed E-state index contributed by atoms with van der Waals surface area (Å²) >= 11 is 0. The number of pyridine rings is 1. The molecule has 1 saturated heterocycles. The van der Waals surface area contributed by atoms with Gasteiger partial charge in [-0.3, -0.25) is 9.80 Å². The van der Waals surface area contributed by atoms with E-state index in [1.165, 1.54) is 17.4 Å². The molecule has 30 heavy (non-hydrogen) atoms. The number of piperazine rings is 1. The van der Waals surface area contributed by atoms with E-state index in [0.717, 1.165) is 38.3 Å².